The molecule has 0 spiro atoms. The van der Waals surface area contributed by atoms with Gasteiger partial charge in [0.2, 0.25) is 0 Å². The van der Waals surface area contributed by atoms with Crippen LogP contribution in [0.5, 0.6) is 0 Å². The standard InChI is InChI=1S/C40H56O4/c1-31(19-13-21-33(3)23-15-25-35(5)27-29-37(41)39(7,8)43)17-11-12-18-32(2)20-14-22-34(4)24-16-26-36(6)28-30-38(42)40(9,10)44/h11-30,37-38,41-44H,1-10H3/t37-,38-/m1/s1. The van der Waals surface area contributed by atoms with Gasteiger partial charge in [0.25, 0.3) is 0 Å². The van der Waals surface area contributed by atoms with E-state index < -0.39 is 23.4 Å². The van der Waals surface area contributed by atoms with Crippen molar-refractivity contribution >= 4 is 0 Å². The summed E-state index contributed by atoms with van der Waals surface area (Å²) in [6.07, 6.45) is 37.3. The van der Waals surface area contributed by atoms with Gasteiger partial charge < -0.3 is 20.4 Å². The topological polar surface area (TPSA) is 80.9 Å². The fraction of sp³-hybridized carbons (Fsp3) is 0.350. The lowest BCUT2D eigenvalue weighted by atomic mass is 10.0. The Hall–Kier alpha value is -3.54. The molecular weight excluding hydrogens is 544 g/mol. The highest BCUT2D eigenvalue weighted by atomic mass is 16.3. The minimum absolute atomic E-state index is 0.909. The zero-order chi connectivity index (χ0) is 33.8. The third-order valence-electron chi connectivity index (χ3n) is 6.23. The van der Waals surface area contributed by atoms with Gasteiger partial charge in [-0.25, -0.2) is 0 Å². The third-order valence-corrected chi connectivity index (χ3v) is 6.23. The maximum Gasteiger partial charge on any atom is 0.101 e. The van der Waals surface area contributed by atoms with Gasteiger partial charge in [0.15, 0.2) is 0 Å². The van der Waals surface area contributed by atoms with Crippen molar-refractivity contribution in [2.75, 3.05) is 0 Å². The van der Waals surface area contributed by atoms with E-state index in [9.17, 15) is 20.4 Å². The highest BCUT2D eigenvalue weighted by Gasteiger charge is 2.21. The first kappa shape index (κ1) is 40.5. The molecule has 0 heterocycles. The van der Waals surface area contributed by atoms with E-state index in [1.165, 1.54) is 0 Å². The Balaban J connectivity index is 4.87. The molecular formula is C40H56O4. The summed E-state index contributed by atoms with van der Waals surface area (Å²) in [4.78, 5) is 0. The van der Waals surface area contributed by atoms with Crippen molar-refractivity contribution in [3.05, 3.63) is 155 Å². The maximum atomic E-state index is 9.87. The Morgan fingerprint density at radius 1 is 0.386 bits per heavy atom. The van der Waals surface area contributed by atoms with Crippen LogP contribution >= 0.6 is 0 Å². The lowest BCUT2D eigenvalue weighted by Gasteiger charge is -2.21. The maximum absolute atomic E-state index is 9.87. The van der Waals surface area contributed by atoms with Crippen molar-refractivity contribution in [1.82, 2.24) is 0 Å². The van der Waals surface area contributed by atoms with Gasteiger partial charge in [-0.1, -0.05) is 155 Å². The number of hydrogen-bond donors (Lipinski definition) is 4. The van der Waals surface area contributed by atoms with Gasteiger partial charge in [0.1, 0.15) is 12.2 Å². The van der Waals surface area contributed by atoms with E-state index in [2.05, 4.69) is 38.2 Å². The SMILES string of the molecule is CC(C=CC=C(C)C=CC=C(C)C=C[C@@H](O)C(C)(C)O)=CC=CC=C(C)C=CC=C(C)C=CC=C(C)C=C[C@@H](O)C(C)(C)O. The molecule has 4 N–H and O–H groups in total. The summed E-state index contributed by atoms with van der Waals surface area (Å²) in [7, 11) is 0. The van der Waals surface area contributed by atoms with Crippen molar-refractivity contribution in [2.24, 2.45) is 0 Å². The molecule has 0 aliphatic carbocycles. The van der Waals surface area contributed by atoms with E-state index in [4.69, 9.17) is 0 Å². The average molecular weight is 601 g/mol. The van der Waals surface area contributed by atoms with Crippen LogP contribution in [0.4, 0.5) is 0 Å². The lowest BCUT2D eigenvalue weighted by Crippen LogP contribution is -2.34. The van der Waals surface area contributed by atoms with Crippen LogP contribution in [0.15, 0.2) is 155 Å². The highest BCUT2D eigenvalue weighted by Crippen LogP contribution is 2.12. The predicted molar refractivity (Wildman–Crippen MR) is 191 cm³/mol. The fourth-order valence-corrected chi connectivity index (χ4v) is 3.11. The molecule has 0 aliphatic heterocycles. The van der Waals surface area contributed by atoms with Crippen LogP contribution in [0.25, 0.3) is 0 Å². The number of aliphatic hydroxyl groups excluding tert-OH is 2. The summed E-state index contributed by atoms with van der Waals surface area (Å²) in [6.45, 7) is 18.4. The number of aliphatic hydroxyl groups is 4. The number of hydrogen-bond acceptors (Lipinski definition) is 4. The van der Waals surface area contributed by atoms with E-state index >= 15 is 0 Å². The highest BCUT2D eigenvalue weighted by molar-refractivity contribution is 5.33. The Morgan fingerprint density at radius 2 is 0.591 bits per heavy atom. The molecule has 0 aliphatic rings. The molecule has 0 amide bonds. The fourth-order valence-electron chi connectivity index (χ4n) is 3.11. The van der Waals surface area contributed by atoms with Crippen LogP contribution in [0, 0.1) is 0 Å². The summed E-state index contributed by atoms with van der Waals surface area (Å²) in [5.74, 6) is 0. The summed E-state index contributed by atoms with van der Waals surface area (Å²) in [5, 5.41) is 39.3. The van der Waals surface area contributed by atoms with Crippen LogP contribution in [-0.4, -0.2) is 43.8 Å². The first-order chi connectivity index (χ1) is 20.4. The van der Waals surface area contributed by atoms with Gasteiger partial charge in [0.05, 0.1) is 11.2 Å². The quantitative estimate of drug-likeness (QED) is 0.133. The van der Waals surface area contributed by atoms with E-state index in [0.29, 0.717) is 0 Å². The van der Waals surface area contributed by atoms with Crippen LogP contribution in [-0.2, 0) is 0 Å². The molecule has 0 saturated carbocycles. The van der Waals surface area contributed by atoms with Crippen LogP contribution in [0.2, 0.25) is 0 Å². The lowest BCUT2D eigenvalue weighted by molar-refractivity contribution is -0.0227. The molecule has 0 aromatic heterocycles. The van der Waals surface area contributed by atoms with Crippen LogP contribution in [0.1, 0.15) is 69.2 Å². The van der Waals surface area contributed by atoms with Gasteiger partial charge >= 0.3 is 0 Å². The molecule has 0 unspecified atom stereocenters. The van der Waals surface area contributed by atoms with Crippen molar-refractivity contribution in [3.8, 4) is 0 Å². The molecule has 44 heavy (non-hydrogen) atoms. The molecule has 0 fully saturated rings. The molecule has 0 aromatic rings. The Bertz CT molecular complexity index is 1180. The summed E-state index contributed by atoms with van der Waals surface area (Å²) in [6, 6.07) is 0. The Labute approximate surface area is 267 Å². The van der Waals surface area contributed by atoms with E-state index in [-0.39, 0.29) is 0 Å². The molecule has 0 bridgehead atoms. The molecule has 0 rings (SSSR count). The second-order valence-electron chi connectivity index (χ2n) is 12.2. The summed E-state index contributed by atoms with van der Waals surface area (Å²) >= 11 is 0. The Morgan fingerprint density at radius 3 is 0.818 bits per heavy atom. The van der Waals surface area contributed by atoms with Gasteiger partial charge in [-0.05, 0) is 69.2 Å². The largest absolute Gasteiger partial charge is 0.387 e. The molecule has 2 atom stereocenters. The average Bonchev–Trinajstić information content (AvgIpc) is 2.91. The molecule has 240 valence electrons. The van der Waals surface area contributed by atoms with E-state index in [1.54, 1.807) is 52.0 Å². The first-order valence-electron chi connectivity index (χ1n) is 15.0. The second-order valence-corrected chi connectivity index (χ2v) is 12.2. The smallest absolute Gasteiger partial charge is 0.101 e. The second kappa shape index (κ2) is 21.2. The molecule has 4 heteroatoms. The van der Waals surface area contributed by atoms with Crippen molar-refractivity contribution in [1.29, 1.82) is 0 Å². The minimum Gasteiger partial charge on any atom is -0.387 e. The van der Waals surface area contributed by atoms with Gasteiger partial charge in [0, 0.05) is 0 Å². The zero-order valence-electron chi connectivity index (χ0n) is 28.5. The predicted octanol–water partition coefficient (Wildman–Crippen LogP) is 8.82. The molecule has 4 nitrogen and oxygen atoms in total. The summed E-state index contributed by atoms with van der Waals surface area (Å²) in [5.41, 5.74) is 4.15. The normalized spacial score (nSPS) is 17.8. The third kappa shape index (κ3) is 22.1. The zero-order valence-corrected chi connectivity index (χ0v) is 28.5. The van der Waals surface area contributed by atoms with Crippen molar-refractivity contribution in [2.45, 2.75) is 92.6 Å². The molecule has 0 radical (unpaired) electrons. The van der Waals surface area contributed by atoms with E-state index in [0.717, 1.165) is 33.4 Å². The number of allylic oxidation sites excluding steroid dienone is 24. The monoisotopic (exact) mass is 600 g/mol. The first-order valence-corrected chi connectivity index (χ1v) is 15.0. The van der Waals surface area contributed by atoms with Crippen molar-refractivity contribution < 1.29 is 20.4 Å². The molecule has 0 aromatic carbocycles. The van der Waals surface area contributed by atoms with Crippen LogP contribution < -0.4 is 0 Å². The molecule has 0 saturated heterocycles. The van der Waals surface area contributed by atoms with Gasteiger partial charge in [-0.3, -0.25) is 0 Å². The van der Waals surface area contributed by atoms with E-state index in [1.807, 2.05) is 101 Å². The minimum atomic E-state index is -1.16. The van der Waals surface area contributed by atoms with Crippen molar-refractivity contribution in [3.63, 3.8) is 0 Å². The summed E-state index contributed by atoms with van der Waals surface area (Å²) < 4.78 is 0. The van der Waals surface area contributed by atoms with Gasteiger partial charge in [-0.2, -0.15) is 0 Å². The van der Waals surface area contributed by atoms with Gasteiger partial charge in [-0.15, -0.1) is 0 Å². The number of rotatable bonds is 16. The van der Waals surface area contributed by atoms with Crippen LogP contribution in [0.3, 0.4) is 0 Å². The Kier molecular flexibility index (Phi) is 19.5.